The molecule has 3 heteroatoms. The van der Waals surface area contributed by atoms with Crippen LogP contribution < -0.4 is 4.74 Å². The van der Waals surface area contributed by atoms with Gasteiger partial charge in [0.15, 0.2) is 18.4 Å². The minimum absolute atomic E-state index is 0.0704. The Morgan fingerprint density at radius 2 is 2.09 bits per heavy atom. The Balaban J connectivity index is 2.62. The van der Waals surface area contributed by atoms with E-state index in [1.54, 1.807) is 18.2 Å². The molecule has 0 aliphatic carbocycles. The standard InChI is InChI=1S/C8H9FO2/c1-10-6-11-8-5-3-2-4-7(8)9/h2-5H,6H2,1H3. The predicted molar refractivity (Wildman–Crippen MR) is 38.9 cm³/mol. The average molecular weight is 156 g/mol. The third kappa shape index (κ3) is 2.20. The van der Waals surface area contributed by atoms with Gasteiger partial charge in [0.2, 0.25) is 0 Å². The van der Waals surface area contributed by atoms with Gasteiger partial charge in [0.1, 0.15) is 0 Å². The highest BCUT2D eigenvalue weighted by Crippen LogP contribution is 2.14. The molecule has 0 saturated heterocycles. The van der Waals surface area contributed by atoms with Crippen LogP contribution in [-0.2, 0) is 4.74 Å². The van der Waals surface area contributed by atoms with Gasteiger partial charge in [0, 0.05) is 7.11 Å². The Bertz CT molecular complexity index is 225. The molecule has 0 unspecified atom stereocenters. The van der Waals surface area contributed by atoms with Crippen molar-refractivity contribution in [1.29, 1.82) is 0 Å². The normalized spacial score (nSPS) is 9.64. The van der Waals surface area contributed by atoms with Crippen LogP contribution in [-0.4, -0.2) is 13.9 Å². The summed E-state index contributed by atoms with van der Waals surface area (Å²) in [5, 5.41) is 0. The van der Waals surface area contributed by atoms with E-state index in [9.17, 15) is 4.39 Å². The minimum Gasteiger partial charge on any atom is -0.464 e. The monoisotopic (exact) mass is 156 g/mol. The van der Waals surface area contributed by atoms with E-state index >= 15 is 0 Å². The van der Waals surface area contributed by atoms with Gasteiger partial charge in [-0.15, -0.1) is 0 Å². The molecule has 2 nitrogen and oxygen atoms in total. The molecule has 1 rings (SSSR count). The molecule has 1 aromatic carbocycles. The number of rotatable bonds is 3. The summed E-state index contributed by atoms with van der Waals surface area (Å²) in [7, 11) is 1.49. The molecule has 0 spiro atoms. The van der Waals surface area contributed by atoms with Crippen LogP contribution in [0.4, 0.5) is 4.39 Å². The van der Waals surface area contributed by atoms with E-state index in [0.29, 0.717) is 0 Å². The van der Waals surface area contributed by atoms with Crippen molar-refractivity contribution in [3.05, 3.63) is 30.1 Å². The van der Waals surface area contributed by atoms with Crippen molar-refractivity contribution >= 4 is 0 Å². The number of ether oxygens (including phenoxy) is 2. The third-order valence-corrected chi connectivity index (χ3v) is 1.17. The molecule has 60 valence electrons. The Hall–Kier alpha value is -1.09. The fraction of sp³-hybridized carbons (Fsp3) is 0.250. The van der Waals surface area contributed by atoms with Crippen molar-refractivity contribution in [2.45, 2.75) is 0 Å². The SMILES string of the molecule is COCOc1ccccc1F. The first-order chi connectivity index (χ1) is 5.34. The van der Waals surface area contributed by atoms with Gasteiger partial charge in [-0.1, -0.05) is 12.1 Å². The second-order valence-corrected chi connectivity index (χ2v) is 1.98. The molecule has 1 aromatic rings. The fourth-order valence-corrected chi connectivity index (χ4v) is 0.684. The van der Waals surface area contributed by atoms with Gasteiger partial charge in [-0.2, -0.15) is 0 Å². The summed E-state index contributed by atoms with van der Waals surface area (Å²) >= 11 is 0. The second kappa shape index (κ2) is 3.93. The van der Waals surface area contributed by atoms with Gasteiger partial charge in [-0.25, -0.2) is 4.39 Å². The highest BCUT2D eigenvalue weighted by molar-refractivity contribution is 5.23. The maximum absolute atomic E-state index is 12.7. The summed E-state index contributed by atoms with van der Waals surface area (Å²) in [6.45, 7) is 0.0704. The summed E-state index contributed by atoms with van der Waals surface area (Å²) in [6, 6.07) is 6.20. The van der Waals surface area contributed by atoms with Gasteiger partial charge >= 0.3 is 0 Å². The van der Waals surface area contributed by atoms with Crippen LogP contribution in [0.3, 0.4) is 0 Å². The summed E-state index contributed by atoms with van der Waals surface area (Å²) < 4.78 is 22.2. The predicted octanol–water partition coefficient (Wildman–Crippen LogP) is 1.81. The molecule has 11 heavy (non-hydrogen) atoms. The molecule has 0 aliphatic heterocycles. The van der Waals surface area contributed by atoms with Crippen molar-refractivity contribution < 1.29 is 13.9 Å². The maximum Gasteiger partial charge on any atom is 0.188 e. The zero-order chi connectivity index (χ0) is 8.10. The first kappa shape index (κ1) is 8.01. The molecule has 0 aliphatic rings. The molecule has 0 radical (unpaired) electrons. The first-order valence-corrected chi connectivity index (χ1v) is 3.21. The van der Waals surface area contributed by atoms with Crippen LogP contribution in [0.2, 0.25) is 0 Å². The van der Waals surface area contributed by atoms with Crippen molar-refractivity contribution in [2.75, 3.05) is 13.9 Å². The average Bonchev–Trinajstić information content (AvgIpc) is 2.03. The Morgan fingerprint density at radius 1 is 1.36 bits per heavy atom. The quantitative estimate of drug-likeness (QED) is 0.621. The lowest BCUT2D eigenvalue weighted by Crippen LogP contribution is -2.00. The van der Waals surface area contributed by atoms with E-state index in [1.165, 1.54) is 13.2 Å². The molecule has 0 saturated carbocycles. The molecule has 0 bridgehead atoms. The van der Waals surface area contributed by atoms with E-state index in [0.717, 1.165) is 0 Å². The molecular formula is C8H9FO2. The first-order valence-electron chi connectivity index (χ1n) is 3.21. The van der Waals surface area contributed by atoms with Gasteiger partial charge < -0.3 is 9.47 Å². The number of para-hydroxylation sites is 1. The van der Waals surface area contributed by atoms with Crippen LogP contribution in [0.25, 0.3) is 0 Å². The van der Waals surface area contributed by atoms with Gasteiger partial charge in [0.05, 0.1) is 0 Å². The molecular weight excluding hydrogens is 147 g/mol. The smallest absolute Gasteiger partial charge is 0.188 e. The molecule has 0 amide bonds. The lowest BCUT2D eigenvalue weighted by atomic mass is 10.3. The summed E-state index contributed by atoms with van der Waals surface area (Å²) in [5.74, 6) is -0.154. The number of hydrogen-bond donors (Lipinski definition) is 0. The summed E-state index contributed by atoms with van der Waals surface area (Å²) in [6.07, 6.45) is 0. The third-order valence-electron chi connectivity index (χ3n) is 1.17. The van der Waals surface area contributed by atoms with Gasteiger partial charge in [0.25, 0.3) is 0 Å². The molecule has 0 atom stereocenters. The Labute approximate surface area is 64.6 Å². The molecule has 0 heterocycles. The lowest BCUT2D eigenvalue weighted by Gasteiger charge is -2.03. The molecule has 0 N–H and O–H groups in total. The number of halogens is 1. The van der Waals surface area contributed by atoms with E-state index in [2.05, 4.69) is 4.74 Å². The van der Waals surface area contributed by atoms with Crippen molar-refractivity contribution in [3.8, 4) is 5.75 Å². The van der Waals surface area contributed by atoms with Crippen molar-refractivity contribution in [1.82, 2.24) is 0 Å². The van der Waals surface area contributed by atoms with Crippen LogP contribution in [0, 0.1) is 5.82 Å². The summed E-state index contributed by atoms with van der Waals surface area (Å²) in [4.78, 5) is 0. The largest absolute Gasteiger partial charge is 0.464 e. The number of benzene rings is 1. The zero-order valence-electron chi connectivity index (χ0n) is 6.21. The summed E-state index contributed by atoms with van der Waals surface area (Å²) in [5.41, 5.74) is 0. The topological polar surface area (TPSA) is 18.5 Å². The van der Waals surface area contributed by atoms with E-state index in [4.69, 9.17) is 4.74 Å². The molecule has 0 aromatic heterocycles. The number of hydrogen-bond acceptors (Lipinski definition) is 2. The van der Waals surface area contributed by atoms with E-state index < -0.39 is 0 Å². The van der Waals surface area contributed by atoms with Crippen molar-refractivity contribution in [2.24, 2.45) is 0 Å². The maximum atomic E-state index is 12.7. The fourth-order valence-electron chi connectivity index (χ4n) is 0.684. The second-order valence-electron chi connectivity index (χ2n) is 1.98. The lowest BCUT2D eigenvalue weighted by molar-refractivity contribution is 0.0483. The zero-order valence-corrected chi connectivity index (χ0v) is 6.21. The molecule has 0 fully saturated rings. The number of methoxy groups -OCH3 is 1. The van der Waals surface area contributed by atoms with Crippen LogP contribution in [0.1, 0.15) is 0 Å². The van der Waals surface area contributed by atoms with Crippen LogP contribution in [0.15, 0.2) is 24.3 Å². The Kier molecular flexibility index (Phi) is 2.86. The van der Waals surface area contributed by atoms with E-state index in [1.807, 2.05) is 0 Å². The minimum atomic E-state index is -0.371. The van der Waals surface area contributed by atoms with Crippen molar-refractivity contribution in [3.63, 3.8) is 0 Å². The highest BCUT2D eigenvalue weighted by atomic mass is 19.1. The van der Waals surface area contributed by atoms with Crippen LogP contribution >= 0.6 is 0 Å². The van der Waals surface area contributed by atoms with Gasteiger partial charge in [-0.3, -0.25) is 0 Å². The Morgan fingerprint density at radius 3 is 2.73 bits per heavy atom. The highest BCUT2D eigenvalue weighted by Gasteiger charge is 1.98. The van der Waals surface area contributed by atoms with Crippen LogP contribution in [0.5, 0.6) is 5.75 Å². The van der Waals surface area contributed by atoms with E-state index in [-0.39, 0.29) is 18.4 Å². The van der Waals surface area contributed by atoms with Gasteiger partial charge in [-0.05, 0) is 12.1 Å².